The van der Waals surface area contributed by atoms with Gasteiger partial charge in [-0.3, -0.25) is 5.43 Å². The Hall–Kier alpha value is -1.47. The molecule has 0 bridgehead atoms. The van der Waals surface area contributed by atoms with Crippen LogP contribution in [-0.2, 0) is 4.74 Å². The molecule has 0 amide bonds. The second-order valence-electron chi connectivity index (χ2n) is 3.96. The molecule has 17 heavy (non-hydrogen) atoms. The average Bonchev–Trinajstić information content (AvgIpc) is 2.39. The average molecular weight is 241 g/mol. The molecule has 0 saturated carbocycles. The van der Waals surface area contributed by atoms with Crippen LogP contribution in [0.2, 0.25) is 0 Å². The van der Waals surface area contributed by atoms with Crippen LogP contribution in [0.25, 0.3) is 0 Å². The Balaban J connectivity index is 2.20. The maximum Gasteiger partial charge on any atom is 0.239 e. The van der Waals surface area contributed by atoms with Gasteiger partial charge in [0.25, 0.3) is 0 Å². The molecule has 2 heterocycles. The minimum atomic E-state index is -0.444. The number of ether oxygens (including phenoxy) is 1. The number of nitrogens with zero attached hydrogens (tertiary/aromatic N) is 3. The van der Waals surface area contributed by atoms with Crippen molar-refractivity contribution in [3.63, 3.8) is 0 Å². The lowest BCUT2D eigenvalue weighted by molar-refractivity contribution is 0.0889. The number of nitrogen functional groups attached to an aromatic ring is 1. The first-order valence-corrected chi connectivity index (χ1v) is 5.51. The van der Waals surface area contributed by atoms with Gasteiger partial charge in [0.2, 0.25) is 5.95 Å². The van der Waals surface area contributed by atoms with E-state index in [1.807, 2.05) is 4.90 Å². The van der Waals surface area contributed by atoms with Gasteiger partial charge in [-0.2, -0.15) is 4.98 Å². The van der Waals surface area contributed by atoms with E-state index in [4.69, 9.17) is 10.6 Å². The lowest BCUT2D eigenvalue weighted by Gasteiger charge is -2.32. The van der Waals surface area contributed by atoms with Crippen molar-refractivity contribution in [2.45, 2.75) is 18.9 Å². The van der Waals surface area contributed by atoms with Crippen LogP contribution in [0.1, 0.15) is 12.8 Å². The molecule has 0 aromatic carbocycles. The topological polar surface area (TPSA) is 76.3 Å². The Morgan fingerprint density at radius 2 is 2.47 bits per heavy atom. The summed E-state index contributed by atoms with van der Waals surface area (Å²) in [6.45, 7) is 1.40. The molecule has 1 fully saturated rings. The molecular weight excluding hydrogens is 225 g/mol. The molecule has 3 N–H and O–H groups in total. The first-order valence-electron chi connectivity index (χ1n) is 5.51. The summed E-state index contributed by atoms with van der Waals surface area (Å²) in [6.07, 6.45) is 3.18. The summed E-state index contributed by atoms with van der Waals surface area (Å²) in [5.41, 5.74) is 2.31. The zero-order valence-corrected chi connectivity index (χ0v) is 9.69. The van der Waals surface area contributed by atoms with Gasteiger partial charge < -0.3 is 9.64 Å². The number of methoxy groups -OCH3 is 1. The summed E-state index contributed by atoms with van der Waals surface area (Å²) in [5.74, 6) is 5.25. The number of piperidine rings is 1. The van der Waals surface area contributed by atoms with Crippen molar-refractivity contribution in [3.05, 3.63) is 12.0 Å². The van der Waals surface area contributed by atoms with Crippen molar-refractivity contribution < 1.29 is 9.13 Å². The number of hydrazine groups is 1. The fraction of sp³-hybridized carbons (Fsp3) is 0.600. The zero-order chi connectivity index (χ0) is 12.3. The second-order valence-corrected chi connectivity index (χ2v) is 3.96. The Morgan fingerprint density at radius 1 is 1.65 bits per heavy atom. The van der Waals surface area contributed by atoms with E-state index >= 15 is 0 Å². The molecule has 0 radical (unpaired) electrons. The molecule has 1 saturated heterocycles. The summed E-state index contributed by atoms with van der Waals surface area (Å²) >= 11 is 0. The third-order valence-corrected chi connectivity index (χ3v) is 2.87. The first kappa shape index (κ1) is 12.0. The number of halogens is 1. The summed E-state index contributed by atoms with van der Waals surface area (Å²) in [6, 6.07) is 0. The largest absolute Gasteiger partial charge is 0.380 e. The van der Waals surface area contributed by atoms with Gasteiger partial charge in [0.05, 0.1) is 12.3 Å². The van der Waals surface area contributed by atoms with Gasteiger partial charge in [0.1, 0.15) is 0 Å². The highest BCUT2D eigenvalue weighted by molar-refractivity contribution is 5.44. The van der Waals surface area contributed by atoms with E-state index in [1.165, 1.54) is 0 Å². The van der Waals surface area contributed by atoms with Crippen molar-refractivity contribution >= 4 is 11.8 Å². The molecule has 2 rings (SSSR count). The lowest BCUT2D eigenvalue weighted by Crippen LogP contribution is -2.40. The highest BCUT2D eigenvalue weighted by Crippen LogP contribution is 2.22. The van der Waals surface area contributed by atoms with Crippen molar-refractivity contribution in [2.24, 2.45) is 5.84 Å². The predicted molar refractivity (Wildman–Crippen MR) is 62.0 cm³/mol. The summed E-state index contributed by atoms with van der Waals surface area (Å²) in [5, 5.41) is 0. The number of nitrogens with two attached hydrogens (primary N) is 1. The highest BCUT2D eigenvalue weighted by atomic mass is 19.1. The van der Waals surface area contributed by atoms with Crippen LogP contribution in [0.15, 0.2) is 6.20 Å². The van der Waals surface area contributed by atoms with Gasteiger partial charge in [0.15, 0.2) is 11.6 Å². The lowest BCUT2D eigenvalue weighted by atomic mass is 10.1. The van der Waals surface area contributed by atoms with Crippen molar-refractivity contribution in [1.29, 1.82) is 0 Å². The van der Waals surface area contributed by atoms with Crippen LogP contribution >= 0.6 is 0 Å². The molecule has 0 spiro atoms. The molecule has 1 aromatic heterocycles. The predicted octanol–water partition coefficient (Wildman–Crippen LogP) is 0.517. The Morgan fingerprint density at radius 3 is 3.18 bits per heavy atom. The first-order chi connectivity index (χ1) is 8.24. The minimum absolute atomic E-state index is 0.118. The molecule has 1 aliphatic rings. The maximum atomic E-state index is 13.6. The van der Waals surface area contributed by atoms with E-state index in [2.05, 4.69) is 15.4 Å². The van der Waals surface area contributed by atoms with E-state index in [0.29, 0.717) is 6.54 Å². The van der Waals surface area contributed by atoms with E-state index in [0.717, 1.165) is 25.6 Å². The van der Waals surface area contributed by atoms with Gasteiger partial charge >= 0.3 is 0 Å². The highest BCUT2D eigenvalue weighted by Gasteiger charge is 2.23. The number of nitrogens with one attached hydrogen (secondary N) is 1. The standard InChI is InChI=1S/C10H16FN5O/c1-17-7-3-2-4-16(6-7)9-8(11)5-13-10(14-9)15-12/h5,7H,2-4,6,12H2,1H3,(H,13,14,15). The monoisotopic (exact) mass is 241 g/mol. The SMILES string of the molecule is COC1CCCN(c2nc(NN)ncc2F)C1. The third-order valence-electron chi connectivity index (χ3n) is 2.87. The Kier molecular flexibility index (Phi) is 3.70. The van der Waals surface area contributed by atoms with Crippen LogP contribution in [0, 0.1) is 5.82 Å². The van der Waals surface area contributed by atoms with Gasteiger partial charge in [-0.05, 0) is 12.8 Å². The minimum Gasteiger partial charge on any atom is -0.380 e. The van der Waals surface area contributed by atoms with Crippen molar-refractivity contribution in [2.75, 3.05) is 30.5 Å². The van der Waals surface area contributed by atoms with E-state index < -0.39 is 5.82 Å². The molecule has 94 valence electrons. The number of rotatable bonds is 3. The number of hydrogen-bond acceptors (Lipinski definition) is 6. The van der Waals surface area contributed by atoms with Gasteiger partial charge in [-0.25, -0.2) is 15.2 Å². The molecule has 6 nitrogen and oxygen atoms in total. The summed E-state index contributed by atoms with van der Waals surface area (Å²) < 4.78 is 18.9. The molecule has 7 heteroatoms. The van der Waals surface area contributed by atoms with Crippen LogP contribution in [0.5, 0.6) is 0 Å². The van der Waals surface area contributed by atoms with Crippen LogP contribution < -0.4 is 16.2 Å². The molecule has 1 unspecified atom stereocenters. The van der Waals surface area contributed by atoms with E-state index in [9.17, 15) is 4.39 Å². The zero-order valence-electron chi connectivity index (χ0n) is 9.69. The number of aromatic nitrogens is 2. The maximum absolute atomic E-state index is 13.6. The van der Waals surface area contributed by atoms with Crippen LogP contribution in [0.4, 0.5) is 16.2 Å². The smallest absolute Gasteiger partial charge is 0.239 e. The van der Waals surface area contributed by atoms with Gasteiger partial charge in [-0.1, -0.05) is 0 Å². The van der Waals surface area contributed by atoms with E-state index in [-0.39, 0.29) is 17.9 Å². The fourth-order valence-electron chi connectivity index (χ4n) is 1.97. The molecule has 1 atom stereocenters. The van der Waals surface area contributed by atoms with E-state index in [1.54, 1.807) is 7.11 Å². The quantitative estimate of drug-likeness (QED) is 0.593. The normalized spacial score (nSPS) is 20.4. The Bertz CT molecular complexity index is 389. The molecular formula is C10H16FN5O. The summed E-state index contributed by atoms with van der Waals surface area (Å²) in [7, 11) is 1.66. The number of anilines is 2. The van der Waals surface area contributed by atoms with Gasteiger partial charge in [0, 0.05) is 20.2 Å². The molecule has 0 aliphatic carbocycles. The van der Waals surface area contributed by atoms with Crippen LogP contribution in [0.3, 0.4) is 0 Å². The summed E-state index contributed by atoms with van der Waals surface area (Å²) in [4.78, 5) is 9.60. The fourth-order valence-corrected chi connectivity index (χ4v) is 1.97. The second kappa shape index (κ2) is 5.24. The molecule has 1 aromatic rings. The number of hydrogen-bond donors (Lipinski definition) is 2. The third kappa shape index (κ3) is 2.62. The van der Waals surface area contributed by atoms with Gasteiger partial charge in [-0.15, -0.1) is 0 Å². The Labute approximate surface area is 99.0 Å². The molecule has 1 aliphatic heterocycles. The van der Waals surface area contributed by atoms with Crippen molar-refractivity contribution in [3.8, 4) is 0 Å². The van der Waals surface area contributed by atoms with Crippen molar-refractivity contribution in [1.82, 2.24) is 9.97 Å². The van der Waals surface area contributed by atoms with Crippen LogP contribution in [-0.4, -0.2) is 36.3 Å².